The van der Waals surface area contributed by atoms with Crippen LogP contribution in [0.4, 0.5) is 0 Å². The molecule has 2 aromatic rings. The first-order valence-corrected chi connectivity index (χ1v) is 6.59. The molecule has 0 aliphatic heterocycles. The van der Waals surface area contributed by atoms with E-state index in [2.05, 4.69) is 0 Å². The van der Waals surface area contributed by atoms with Crippen molar-refractivity contribution < 1.29 is 9.59 Å². The third kappa shape index (κ3) is 2.94. The smallest absolute Gasteiger partial charge is 0.260 e. The summed E-state index contributed by atoms with van der Waals surface area (Å²) in [4.78, 5) is 26.3. The van der Waals surface area contributed by atoms with E-state index in [-0.39, 0.29) is 17.9 Å². The Kier molecular flexibility index (Phi) is 4.31. The second-order valence-corrected chi connectivity index (χ2v) is 4.81. The van der Waals surface area contributed by atoms with E-state index in [0.717, 1.165) is 0 Å². The number of benzene rings is 2. The van der Waals surface area contributed by atoms with Gasteiger partial charge < -0.3 is 0 Å². The average molecular weight is 267 g/mol. The largest absolute Gasteiger partial charge is 0.272 e. The van der Waals surface area contributed by atoms with Crippen LogP contribution in [0.1, 0.15) is 34.6 Å². The van der Waals surface area contributed by atoms with Crippen molar-refractivity contribution in [2.45, 2.75) is 19.9 Å². The van der Waals surface area contributed by atoms with Gasteiger partial charge in [-0.05, 0) is 38.1 Å². The molecule has 0 fully saturated rings. The monoisotopic (exact) mass is 267 g/mol. The Morgan fingerprint density at radius 3 is 1.40 bits per heavy atom. The highest BCUT2D eigenvalue weighted by molar-refractivity contribution is 6.10. The summed E-state index contributed by atoms with van der Waals surface area (Å²) in [5, 5.41) is 0. The van der Waals surface area contributed by atoms with Crippen LogP contribution < -0.4 is 0 Å². The molecule has 2 amide bonds. The Morgan fingerprint density at radius 1 is 0.750 bits per heavy atom. The Morgan fingerprint density at radius 2 is 1.10 bits per heavy atom. The van der Waals surface area contributed by atoms with Crippen LogP contribution in [-0.2, 0) is 0 Å². The number of carbonyl (C=O) groups excluding carboxylic acids is 2. The molecule has 102 valence electrons. The van der Waals surface area contributed by atoms with E-state index in [0.29, 0.717) is 11.1 Å². The first kappa shape index (κ1) is 14.0. The quantitative estimate of drug-likeness (QED) is 0.799. The lowest BCUT2D eigenvalue weighted by Gasteiger charge is -2.25. The molecule has 0 radical (unpaired) electrons. The van der Waals surface area contributed by atoms with Gasteiger partial charge in [0.1, 0.15) is 0 Å². The van der Waals surface area contributed by atoms with E-state index in [4.69, 9.17) is 0 Å². The van der Waals surface area contributed by atoms with E-state index < -0.39 is 0 Å². The van der Waals surface area contributed by atoms with Gasteiger partial charge in [0.05, 0.1) is 0 Å². The van der Waals surface area contributed by atoms with Crippen LogP contribution in [0, 0.1) is 0 Å². The van der Waals surface area contributed by atoms with Crippen LogP contribution in [0.2, 0.25) is 0 Å². The van der Waals surface area contributed by atoms with Gasteiger partial charge in [0.2, 0.25) is 0 Å². The number of hydrogen-bond acceptors (Lipinski definition) is 2. The fourth-order valence-electron chi connectivity index (χ4n) is 2.00. The summed E-state index contributed by atoms with van der Waals surface area (Å²) in [6.07, 6.45) is 0. The van der Waals surface area contributed by atoms with Gasteiger partial charge in [0.15, 0.2) is 0 Å². The molecule has 0 saturated heterocycles. The minimum atomic E-state index is -0.269. The zero-order valence-electron chi connectivity index (χ0n) is 11.6. The van der Waals surface area contributed by atoms with Crippen molar-refractivity contribution >= 4 is 11.8 Å². The number of imide groups is 1. The van der Waals surface area contributed by atoms with Crippen molar-refractivity contribution in [1.82, 2.24) is 4.90 Å². The van der Waals surface area contributed by atoms with Crippen LogP contribution >= 0.6 is 0 Å². The van der Waals surface area contributed by atoms with Crippen LogP contribution in [0.3, 0.4) is 0 Å². The summed E-state index contributed by atoms with van der Waals surface area (Å²) in [5.41, 5.74) is 1.04. The Bertz CT molecular complexity index is 539. The van der Waals surface area contributed by atoms with Crippen LogP contribution in [0.25, 0.3) is 0 Å². The second-order valence-electron chi connectivity index (χ2n) is 4.81. The van der Waals surface area contributed by atoms with Gasteiger partial charge in [0, 0.05) is 17.2 Å². The SMILES string of the molecule is CC(C)N(C(=O)c1ccccc1)C(=O)c1ccccc1. The predicted molar refractivity (Wildman–Crippen MR) is 78.5 cm³/mol. The van der Waals surface area contributed by atoms with E-state index in [9.17, 15) is 9.59 Å². The highest BCUT2D eigenvalue weighted by Gasteiger charge is 2.26. The molecule has 2 aromatic carbocycles. The lowest BCUT2D eigenvalue weighted by atomic mass is 10.1. The molecule has 3 heteroatoms. The molecule has 0 heterocycles. The minimum Gasteiger partial charge on any atom is -0.272 e. The van der Waals surface area contributed by atoms with Gasteiger partial charge >= 0.3 is 0 Å². The van der Waals surface area contributed by atoms with E-state index in [1.807, 2.05) is 26.0 Å². The highest BCUT2D eigenvalue weighted by Crippen LogP contribution is 2.13. The maximum Gasteiger partial charge on any atom is 0.260 e. The molecular formula is C17H17NO2. The molecule has 3 nitrogen and oxygen atoms in total. The third-order valence-electron chi connectivity index (χ3n) is 3.00. The summed E-state index contributed by atoms with van der Waals surface area (Å²) in [6.45, 7) is 3.67. The lowest BCUT2D eigenvalue weighted by molar-refractivity contribution is 0.0569. The molecule has 0 aliphatic rings. The van der Waals surface area contributed by atoms with Gasteiger partial charge in [-0.25, -0.2) is 0 Å². The molecular weight excluding hydrogens is 250 g/mol. The van der Waals surface area contributed by atoms with Crippen molar-refractivity contribution in [2.24, 2.45) is 0 Å². The molecule has 20 heavy (non-hydrogen) atoms. The summed E-state index contributed by atoms with van der Waals surface area (Å²) < 4.78 is 0. The topological polar surface area (TPSA) is 37.4 Å². The van der Waals surface area contributed by atoms with E-state index in [1.54, 1.807) is 48.5 Å². The van der Waals surface area contributed by atoms with Crippen molar-refractivity contribution in [2.75, 3.05) is 0 Å². The first-order chi connectivity index (χ1) is 9.61. The first-order valence-electron chi connectivity index (χ1n) is 6.59. The predicted octanol–water partition coefficient (Wildman–Crippen LogP) is 3.38. The number of amides is 2. The summed E-state index contributed by atoms with van der Waals surface area (Å²) >= 11 is 0. The molecule has 0 bridgehead atoms. The van der Waals surface area contributed by atoms with Crippen molar-refractivity contribution in [3.05, 3.63) is 71.8 Å². The van der Waals surface area contributed by atoms with E-state index >= 15 is 0 Å². The normalized spacial score (nSPS) is 10.3. The number of carbonyl (C=O) groups is 2. The van der Waals surface area contributed by atoms with Gasteiger partial charge in [-0.2, -0.15) is 0 Å². The average Bonchev–Trinajstić information content (AvgIpc) is 2.48. The second kappa shape index (κ2) is 6.15. The zero-order valence-corrected chi connectivity index (χ0v) is 11.6. The zero-order chi connectivity index (χ0) is 14.5. The van der Waals surface area contributed by atoms with Crippen molar-refractivity contribution in [3.63, 3.8) is 0 Å². The van der Waals surface area contributed by atoms with Gasteiger partial charge in [-0.1, -0.05) is 36.4 Å². The van der Waals surface area contributed by atoms with Gasteiger partial charge in [-0.15, -0.1) is 0 Å². The fraction of sp³-hybridized carbons (Fsp3) is 0.176. The molecule has 0 unspecified atom stereocenters. The van der Waals surface area contributed by atoms with Crippen molar-refractivity contribution in [3.8, 4) is 0 Å². The number of hydrogen-bond donors (Lipinski definition) is 0. The summed E-state index contributed by atoms with van der Waals surface area (Å²) in [6, 6.07) is 17.5. The van der Waals surface area contributed by atoms with Gasteiger partial charge in [0.25, 0.3) is 11.8 Å². The summed E-state index contributed by atoms with van der Waals surface area (Å²) in [5.74, 6) is -0.538. The number of nitrogens with zero attached hydrogens (tertiary/aromatic N) is 1. The van der Waals surface area contributed by atoms with Crippen LogP contribution in [-0.4, -0.2) is 22.8 Å². The van der Waals surface area contributed by atoms with Gasteiger partial charge in [-0.3, -0.25) is 14.5 Å². The molecule has 0 N–H and O–H groups in total. The maximum absolute atomic E-state index is 12.5. The molecule has 2 rings (SSSR count). The van der Waals surface area contributed by atoms with E-state index in [1.165, 1.54) is 4.90 Å². The Labute approximate surface area is 118 Å². The molecule has 0 spiro atoms. The summed E-state index contributed by atoms with van der Waals surface area (Å²) in [7, 11) is 0. The molecule has 0 atom stereocenters. The Balaban J connectivity index is 2.33. The highest BCUT2D eigenvalue weighted by atomic mass is 16.2. The third-order valence-corrected chi connectivity index (χ3v) is 3.00. The minimum absolute atomic E-state index is 0.199. The van der Waals surface area contributed by atoms with Crippen molar-refractivity contribution in [1.29, 1.82) is 0 Å². The van der Waals surface area contributed by atoms with Crippen LogP contribution in [0.15, 0.2) is 60.7 Å². The molecule has 0 aliphatic carbocycles. The lowest BCUT2D eigenvalue weighted by Crippen LogP contribution is -2.42. The standard InChI is InChI=1S/C17H17NO2/c1-13(2)18(16(19)14-9-5-3-6-10-14)17(20)15-11-7-4-8-12-15/h3-13H,1-2H3. The fourth-order valence-corrected chi connectivity index (χ4v) is 2.00. The molecule has 0 aromatic heterocycles. The molecule has 0 saturated carbocycles. The maximum atomic E-state index is 12.5. The Hall–Kier alpha value is -2.42. The van der Waals surface area contributed by atoms with Crippen LogP contribution in [0.5, 0.6) is 0 Å². The number of rotatable bonds is 3.